The molecule has 130 valence electrons. The zero-order valence-electron chi connectivity index (χ0n) is 13.7. The molecular formula is C18H19N3O4. The summed E-state index contributed by atoms with van der Waals surface area (Å²) in [4.78, 5) is 30.3. The highest BCUT2D eigenvalue weighted by molar-refractivity contribution is 5.95. The molecule has 0 radical (unpaired) electrons. The second kappa shape index (κ2) is 6.31. The van der Waals surface area contributed by atoms with Gasteiger partial charge >= 0.3 is 5.97 Å². The molecule has 1 N–H and O–H groups in total. The first kappa shape index (κ1) is 15.8. The molecule has 4 rings (SSSR count). The maximum absolute atomic E-state index is 13.0. The van der Waals surface area contributed by atoms with Crippen molar-refractivity contribution >= 4 is 11.9 Å². The SMILES string of the molecule is O=C(O)C1CC2CCCCC2N1C(=O)c1cc(-c2ccccn2)no1. The number of carboxylic acid groups (broad SMARTS) is 1. The van der Waals surface area contributed by atoms with Crippen LogP contribution in [0.3, 0.4) is 0 Å². The molecule has 1 saturated carbocycles. The zero-order chi connectivity index (χ0) is 17.4. The van der Waals surface area contributed by atoms with Crippen LogP contribution >= 0.6 is 0 Å². The van der Waals surface area contributed by atoms with E-state index in [1.165, 1.54) is 4.90 Å². The summed E-state index contributed by atoms with van der Waals surface area (Å²) in [5.74, 6) is -1.01. The Balaban J connectivity index is 1.63. The van der Waals surface area contributed by atoms with E-state index in [2.05, 4.69) is 10.1 Å². The largest absolute Gasteiger partial charge is 0.480 e. The van der Waals surface area contributed by atoms with Crippen molar-refractivity contribution in [3.05, 3.63) is 36.2 Å². The van der Waals surface area contributed by atoms with Gasteiger partial charge in [0.1, 0.15) is 11.7 Å². The van der Waals surface area contributed by atoms with Gasteiger partial charge in [0, 0.05) is 18.3 Å². The fourth-order valence-corrected chi connectivity index (χ4v) is 4.11. The second-order valence-corrected chi connectivity index (χ2v) is 6.71. The van der Waals surface area contributed by atoms with Crippen LogP contribution in [0.1, 0.15) is 42.7 Å². The minimum absolute atomic E-state index is 0.0225. The number of pyridine rings is 1. The van der Waals surface area contributed by atoms with Crippen molar-refractivity contribution in [1.29, 1.82) is 0 Å². The topological polar surface area (TPSA) is 96.5 Å². The number of hydrogen-bond donors (Lipinski definition) is 1. The quantitative estimate of drug-likeness (QED) is 0.922. The van der Waals surface area contributed by atoms with Gasteiger partial charge in [-0.15, -0.1) is 0 Å². The van der Waals surface area contributed by atoms with E-state index in [9.17, 15) is 14.7 Å². The Hall–Kier alpha value is -2.70. The molecule has 3 atom stereocenters. The molecule has 7 heteroatoms. The highest BCUT2D eigenvalue weighted by atomic mass is 16.5. The molecular weight excluding hydrogens is 322 g/mol. The van der Waals surface area contributed by atoms with Gasteiger partial charge in [-0.25, -0.2) is 4.79 Å². The van der Waals surface area contributed by atoms with Gasteiger partial charge in [-0.2, -0.15) is 0 Å². The minimum atomic E-state index is -0.952. The Bertz CT molecular complexity index is 789. The van der Waals surface area contributed by atoms with Crippen molar-refractivity contribution < 1.29 is 19.2 Å². The molecule has 1 aliphatic heterocycles. The molecule has 2 aromatic rings. The van der Waals surface area contributed by atoms with Gasteiger partial charge in [0.25, 0.3) is 5.91 Å². The smallest absolute Gasteiger partial charge is 0.326 e. The van der Waals surface area contributed by atoms with Gasteiger partial charge in [0.15, 0.2) is 0 Å². The molecule has 2 aromatic heterocycles. The Morgan fingerprint density at radius 2 is 2.04 bits per heavy atom. The van der Waals surface area contributed by atoms with E-state index in [4.69, 9.17) is 4.52 Å². The summed E-state index contributed by atoms with van der Waals surface area (Å²) in [6.07, 6.45) is 6.11. The average Bonchev–Trinajstić information content (AvgIpc) is 3.27. The van der Waals surface area contributed by atoms with Gasteiger partial charge in [0.2, 0.25) is 5.76 Å². The summed E-state index contributed by atoms with van der Waals surface area (Å²) >= 11 is 0. The van der Waals surface area contributed by atoms with Crippen molar-refractivity contribution in [3.8, 4) is 11.4 Å². The first-order valence-electron chi connectivity index (χ1n) is 8.58. The molecule has 3 unspecified atom stereocenters. The van der Waals surface area contributed by atoms with Gasteiger partial charge in [-0.3, -0.25) is 9.78 Å². The predicted molar refractivity (Wildman–Crippen MR) is 87.7 cm³/mol. The molecule has 1 amide bonds. The van der Waals surface area contributed by atoms with Gasteiger partial charge < -0.3 is 14.5 Å². The summed E-state index contributed by atoms with van der Waals surface area (Å²) in [5, 5.41) is 13.5. The lowest BCUT2D eigenvalue weighted by Gasteiger charge is -2.32. The maximum atomic E-state index is 13.0. The molecule has 0 bridgehead atoms. The van der Waals surface area contributed by atoms with Crippen LogP contribution in [0.5, 0.6) is 0 Å². The van der Waals surface area contributed by atoms with Crippen molar-refractivity contribution in [2.75, 3.05) is 0 Å². The third kappa shape index (κ3) is 2.79. The van der Waals surface area contributed by atoms with Crippen LogP contribution in [-0.2, 0) is 4.79 Å². The first-order chi connectivity index (χ1) is 12.1. The van der Waals surface area contributed by atoms with Crippen LogP contribution in [0.15, 0.2) is 35.0 Å². The Labute approximate surface area is 144 Å². The van der Waals surface area contributed by atoms with E-state index in [0.29, 0.717) is 17.8 Å². The highest BCUT2D eigenvalue weighted by Gasteiger charge is 2.48. The van der Waals surface area contributed by atoms with Crippen molar-refractivity contribution in [2.24, 2.45) is 5.92 Å². The van der Waals surface area contributed by atoms with E-state index in [0.717, 1.165) is 25.7 Å². The van der Waals surface area contributed by atoms with E-state index < -0.39 is 17.9 Å². The summed E-state index contributed by atoms with van der Waals surface area (Å²) in [5.41, 5.74) is 1.08. The number of fused-ring (bicyclic) bond motifs is 1. The van der Waals surface area contributed by atoms with Crippen LogP contribution in [0.4, 0.5) is 0 Å². The number of aliphatic carboxylic acids is 1. The van der Waals surface area contributed by atoms with Crippen LogP contribution in [0, 0.1) is 5.92 Å². The molecule has 0 aromatic carbocycles. The summed E-state index contributed by atoms with van der Waals surface area (Å²) < 4.78 is 5.23. The van der Waals surface area contributed by atoms with E-state index in [1.54, 1.807) is 24.4 Å². The molecule has 2 fully saturated rings. The number of nitrogens with zero attached hydrogens (tertiary/aromatic N) is 3. The molecule has 1 saturated heterocycles. The monoisotopic (exact) mass is 341 g/mol. The number of carboxylic acids is 1. The second-order valence-electron chi connectivity index (χ2n) is 6.71. The normalized spacial score (nSPS) is 25.6. The Kier molecular flexibility index (Phi) is 3.99. The average molecular weight is 341 g/mol. The molecule has 7 nitrogen and oxygen atoms in total. The fraction of sp³-hybridized carbons (Fsp3) is 0.444. The third-order valence-corrected chi connectivity index (χ3v) is 5.26. The number of carbonyl (C=O) groups excluding carboxylic acids is 1. The number of amides is 1. The van der Waals surface area contributed by atoms with Crippen LogP contribution in [0.2, 0.25) is 0 Å². The predicted octanol–water partition coefficient (Wildman–Crippen LogP) is 2.59. The van der Waals surface area contributed by atoms with Gasteiger partial charge in [0.05, 0.1) is 5.69 Å². The number of hydrogen-bond acceptors (Lipinski definition) is 5. The first-order valence-corrected chi connectivity index (χ1v) is 8.58. The zero-order valence-corrected chi connectivity index (χ0v) is 13.7. The molecule has 0 spiro atoms. The number of aromatic nitrogens is 2. The summed E-state index contributed by atoms with van der Waals surface area (Å²) in [7, 11) is 0. The lowest BCUT2D eigenvalue weighted by molar-refractivity contribution is -0.141. The third-order valence-electron chi connectivity index (χ3n) is 5.26. The van der Waals surface area contributed by atoms with Crippen LogP contribution in [0.25, 0.3) is 11.4 Å². The molecule has 3 heterocycles. The standard InChI is InChI=1S/C18H19N3O4/c22-17(16-10-13(20-25-16)12-6-3-4-8-19-12)21-14-7-2-1-5-11(14)9-15(21)18(23)24/h3-4,6,8,10-11,14-15H,1-2,5,7,9H2,(H,23,24). The molecule has 25 heavy (non-hydrogen) atoms. The Morgan fingerprint density at radius 1 is 1.20 bits per heavy atom. The lowest BCUT2D eigenvalue weighted by atomic mass is 9.84. The number of likely N-dealkylation sites (tertiary alicyclic amines) is 1. The molecule has 2 aliphatic rings. The fourth-order valence-electron chi connectivity index (χ4n) is 4.11. The van der Waals surface area contributed by atoms with Crippen LogP contribution < -0.4 is 0 Å². The van der Waals surface area contributed by atoms with E-state index >= 15 is 0 Å². The maximum Gasteiger partial charge on any atom is 0.326 e. The van der Waals surface area contributed by atoms with E-state index in [-0.39, 0.29) is 17.7 Å². The summed E-state index contributed by atoms with van der Waals surface area (Å²) in [6.45, 7) is 0. The van der Waals surface area contributed by atoms with E-state index in [1.807, 2.05) is 6.07 Å². The summed E-state index contributed by atoms with van der Waals surface area (Å²) in [6, 6.07) is 6.13. The number of rotatable bonds is 3. The van der Waals surface area contributed by atoms with Gasteiger partial charge in [-0.05, 0) is 37.3 Å². The van der Waals surface area contributed by atoms with Crippen molar-refractivity contribution in [2.45, 2.75) is 44.2 Å². The Morgan fingerprint density at radius 3 is 2.80 bits per heavy atom. The van der Waals surface area contributed by atoms with Crippen LogP contribution in [-0.4, -0.2) is 44.1 Å². The minimum Gasteiger partial charge on any atom is -0.480 e. The van der Waals surface area contributed by atoms with Crippen molar-refractivity contribution in [3.63, 3.8) is 0 Å². The lowest BCUT2D eigenvalue weighted by Crippen LogP contribution is -2.46. The molecule has 1 aliphatic carbocycles. The number of carbonyl (C=O) groups is 2. The van der Waals surface area contributed by atoms with Gasteiger partial charge in [-0.1, -0.05) is 24.1 Å². The highest BCUT2D eigenvalue weighted by Crippen LogP contribution is 2.40. The van der Waals surface area contributed by atoms with Crippen molar-refractivity contribution in [1.82, 2.24) is 15.0 Å².